The number of amidine groups is 1. The molecular formula is C25H20ClFN2O4S. The van der Waals surface area contributed by atoms with E-state index in [0.717, 1.165) is 5.56 Å². The normalized spacial score (nSPS) is 15.5. The Morgan fingerprint density at radius 1 is 1.03 bits per heavy atom. The standard InChI is InChI=1S/C25H20ClFN2O4S/c1-31-20-9-7-17(26)13-19(20)28-25-29-24(30)23(34-25)12-15-6-8-21(22(11-15)32-2)33-14-16-4-3-5-18(27)10-16/h3-13H,14H2,1-2H3,(H,28,29,30)/b23-12-. The molecule has 3 aromatic rings. The number of aliphatic imine (C=N–C) groups is 1. The molecule has 1 heterocycles. The minimum Gasteiger partial charge on any atom is -0.494 e. The SMILES string of the molecule is COc1ccc(Cl)cc1N=C1NC(=O)/C(=C/c2ccc(OCc3cccc(F)c3)c(OC)c2)S1. The van der Waals surface area contributed by atoms with Gasteiger partial charge in [-0.15, -0.1) is 0 Å². The lowest BCUT2D eigenvalue weighted by atomic mass is 10.2. The Hall–Kier alpha value is -3.49. The molecule has 0 atom stereocenters. The number of carbonyl (C=O) groups is 1. The van der Waals surface area contributed by atoms with Crippen molar-refractivity contribution in [1.82, 2.24) is 5.32 Å². The van der Waals surface area contributed by atoms with Crippen molar-refractivity contribution in [1.29, 1.82) is 0 Å². The highest BCUT2D eigenvalue weighted by Crippen LogP contribution is 2.35. The molecule has 1 aliphatic rings. The lowest BCUT2D eigenvalue weighted by Gasteiger charge is -2.11. The molecule has 4 rings (SSSR count). The van der Waals surface area contributed by atoms with E-state index < -0.39 is 0 Å². The highest BCUT2D eigenvalue weighted by Gasteiger charge is 2.24. The number of rotatable bonds is 7. The molecule has 1 amide bonds. The van der Waals surface area contributed by atoms with E-state index in [2.05, 4.69) is 10.3 Å². The molecule has 1 N–H and O–H groups in total. The summed E-state index contributed by atoms with van der Waals surface area (Å²) in [5.74, 6) is 0.955. The summed E-state index contributed by atoms with van der Waals surface area (Å²) in [6.07, 6.45) is 1.73. The zero-order valence-electron chi connectivity index (χ0n) is 18.3. The smallest absolute Gasteiger partial charge is 0.264 e. The number of ether oxygens (including phenoxy) is 3. The molecule has 0 aromatic heterocycles. The summed E-state index contributed by atoms with van der Waals surface area (Å²) >= 11 is 7.26. The molecule has 9 heteroatoms. The van der Waals surface area contributed by atoms with Crippen LogP contribution >= 0.6 is 23.4 Å². The van der Waals surface area contributed by atoms with Gasteiger partial charge in [0, 0.05) is 5.02 Å². The van der Waals surface area contributed by atoms with Crippen molar-refractivity contribution in [2.24, 2.45) is 4.99 Å². The minimum atomic E-state index is -0.320. The first-order valence-corrected chi connectivity index (χ1v) is 11.3. The highest BCUT2D eigenvalue weighted by molar-refractivity contribution is 8.18. The Balaban J connectivity index is 1.51. The number of thioether (sulfide) groups is 1. The fourth-order valence-corrected chi connectivity index (χ4v) is 4.17. The summed E-state index contributed by atoms with van der Waals surface area (Å²) < 4.78 is 29.9. The van der Waals surface area contributed by atoms with Crippen molar-refractivity contribution >= 4 is 46.2 Å². The van der Waals surface area contributed by atoms with Gasteiger partial charge in [-0.2, -0.15) is 0 Å². The number of nitrogens with zero attached hydrogens (tertiary/aromatic N) is 1. The lowest BCUT2D eigenvalue weighted by Crippen LogP contribution is -2.19. The Bertz CT molecular complexity index is 1300. The van der Waals surface area contributed by atoms with Gasteiger partial charge in [-0.05, 0) is 71.4 Å². The van der Waals surface area contributed by atoms with Gasteiger partial charge in [-0.25, -0.2) is 9.38 Å². The third-order valence-corrected chi connectivity index (χ3v) is 5.93. The van der Waals surface area contributed by atoms with Gasteiger partial charge in [0.1, 0.15) is 23.9 Å². The Kier molecular flexibility index (Phi) is 7.40. The predicted octanol–water partition coefficient (Wildman–Crippen LogP) is 5.97. The number of hydrogen-bond acceptors (Lipinski definition) is 6. The second kappa shape index (κ2) is 10.6. The van der Waals surface area contributed by atoms with Crippen molar-refractivity contribution in [3.8, 4) is 17.2 Å². The Labute approximate surface area is 205 Å². The maximum absolute atomic E-state index is 13.4. The molecule has 1 fully saturated rings. The van der Waals surface area contributed by atoms with E-state index in [4.69, 9.17) is 25.8 Å². The number of hydrogen-bond donors (Lipinski definition) is 1. The maximum atomic E-state index is 13.4. The van der Waals surface area contributed by atoms with E-state index in [1.165, 1.54) is 38.1 Å². The van der Waals surface area contributed by atoms with Gasteiger partial charge < -0.3 is 19.5 Å². The van der Waals surface area contributed by atoms with Gasteiger partial charge >= 0.3 is 0 Å². The summed E-state index contributed by atoms with van der Waals surface area (Å²) in [6.45, 7) is 0.194. The van der Waals surface area contributed by atoms with Crippen LogP contribution in [0.5, 0.6) is 17.2 Å². The second-order valence-electron chi connectivity index (χ2n) is 7.13. The van der Waals surface area contributed by atoms with Crippen molar-refractivity contribution in [2.45, 2.75) is 6.61 Å². The molecule has 0 saturated carbocycles. The van der Waals surface area contributed by atoms with Crippen molar-refractivity contribution in [3.05, 3.63) is 87.5 Å². The molecule has 34 heavy (non-hydrogen) atoms. The van der Waals surface area contributed by atoms with Crippen LogP contribution in [0.3, 0.4) is 0 Å². The Morgan fingerprint density at radius 2 is 1.82 bits per heavy atom. The molecular weight excluding hydrogens is 479 g/mol. The van der Waals surface area contributed by atoms with Crippen LogP contribution in [-0.2, 0) is 11.4 Å². The number of halogens is 2. The van der Waals surface area contributed by atoms with Crippen LogP contribution in [0, 0.1) is 5.82 Å². The van der Waals surface area contributed by atoms with E-state index >= 15 is 0 Å². The Morgan fingerprint density at radius 3 is 2.59 bits per heavy atom. The zero-order chi connectivity index (χ0) is 24.1. The second-order valence-corrected chi connectivity index (χ2v) is 8.59. The van der Waals surface area contributed by atoms with Gasteiger partial charge in [-0.3, -0.25) is 4.79 Å². The van der Waals surface area contributed by atoms with Gasteiger partial charge in [0.05, 0.1) is 19.1 Å². The molecule has 1 saturated heterocycles. The van der Waals surface area contributed by atoms with E-state index in [-0.39, 0.29) is 18.3 Å². The molecule has 0 radical (unpaired) electrons. The van der Waals surface area contributed by atoms with Crippen molar-refractivity contribution in [2.75, 3.05) is 14.2 Å². The number of benzene rings is 3. The predicted molar refractivity (Wildman–Crippen MR) is 133 cm³/mol. The zero-order valence-corrected chi connectivity index (χ0v) is 19.9. The maximum Gasteiger partial charge on any atom is 0.264 e. The first-order valence-electron chi connectivity index (χ1n) is 10.1. The van der Waals surface area contributed by atoms with Crippen LogP contribution in [0.2, 0.25) is 5.02 Å². The van der Waals surface area contributed by atoms with Crippen LogP contribution in [0.1, 0.15) is 11.1 Å². The molecule has 1 aliphatic heterocycles. The molecule has 174 valence electrons. The first-order chi connectivity index (χ1) is 16.4. The van der Waals surface area contributed by atoms with Gasteiger partial charge in [0.15, 0.2) is 16.7 Å². The fourth-order valence-electron chi connectivity index (χ4n) is 3.17. The number of methoxy groups -OCH3 is 2. The topological polar surface area (TPSA) is 69.2 Å². The third kappa shape index (κ3) is 5.70. The van der Waals surface area contributed by atoms with Crippen LogP contribution in [0.4, 0.5) is 10.1 Å². The van der Waals surface area contributed by atoms with Crippen LogP contribution < -0.4 is 19.5 Å². The lowest BCUT2D eigenvalue weighted by molar-refractivity contribution is -0.115. The van der Waals surface area contributed by atoms with Gasteiger partial charge in [-0.1, -0.05) is 29.8 Å². The van der Waals surface area contributed by atoms with Crippen molar-refractivity contribution in [3.63, 3.8) is 0 Å². The molecule has 0 aliphatic carbocycles. The third-order valence-electron chi connectivity index (χ3n) is 4.78. The molecule has 0 spiro atoms. The summed E-state index contributed by atoms with van der Waals surface area (Å²) in [5, 5.41) is 3.67. The summed E-state index contributed by atoms with van der Waals surface area (Å²) in [7, 11) is 3.07. The van der Waals surface area contributed by atoms with Crippen molar-refractivity contribution < 1.29 is 23.4 Å². The summed E-state index contributed by atoms with van der Waals surface area (Å²) in [6, 6.07) is 16.6. The van der Waals surface area contributed by atoms with E-state index in [9.17, 15) is 9.18 Å². The van der Waals surface area contributed by atoms with E-state index in [1.54, 1.807) is 54.6 Å². The van der Waals surface area contributed by atoms with E-state index in [1.807, 2.05) is 0 Å². The number of amides is 1. The van der Waals surface area contributed by atoms with E-state index in [0.29, 0.717) is 43.6 Å². The quantitative estimate of drug-likeness (QED) is 0.407. The molecule has 0 bridgehead atoms. The average Bonchev–Trinajstić information content (AvgIpc) is 3.16. The number of nitrogens with one attached hydrogen (secondary N) is 1. The molecule has 6 nitrogen and oxygen atoms in total. The van der Waals surface area contributed by atoms with Crippen LogP contribution in [0.15, 0.2) is 70.6 Å². The van der Waals surface area contributed by atoms with Gasteiger partial charge in [0.25, 0.3) is 5.91 Å². The van der Waals surface area contributed by atoms with Crippen LogP contribution in [0.25, 0.3) is 6.08 Å². The monoisotopic (exact) mass is 498 g/mol. The minimum absolute atomic E-state index is 0.194. The van der Waals surface area contributed by atoms with Gasteiger partial charge in [0.2, 0.25) is 0 Å². The van der Waals surface area contributed by atoms with Crippen LogP contribution in [-0.4, -0.2) is 25.3 Å². The highest BCUT2D eigenvalue weighted by atomic mass is 35.5. The number of carbonyl (C=O) groups excluding carboxylic acids is 1. The largest absolute Gasteiger partial charge is 0.494 e. The molecule has 3 aromatic carbocycles. The summed E-state index contributed by atoms with van der Waals surface area (Å²) in [5.41, 5.74) is 1.96. The summed E-state index contributed by atoms with van der Waals surface area (Å²) in [4.78, 5) is 17.4. The molecule has 0 unspecified atom stereocenters. The first kappa shape index (κ1) is 23.7. The average molecular weight is 499 g/mol. The fraction of sp³-hybridized carbons (Fsp3) is 0.120.